The van der Waals surface area contributed by atoms with Crippen LogP contribution in [0.5, 0.6) is 5.75 Å². The van der Waals surface area contributed by atoms with E-state index in [2.05, 4.69) is 0 Å². The van der Waals surface area contributed by atoms with E-state index in [9.17, 15) is 0 Å². The molecule has 0 unspecified atom stereocenters. The Hall–Kier alpha value is -1.56. The van der Waals surface area contributed by atoms with Crippen molar-refractivity contribution in [1.82, 2.24) is 0 Å². The highest BCUT2D eigenvalue weighted by Gasteiger charge is 2.10. The number of rotatable bonds is 5. The third-order valence-electron chi connectivity index (χ3n) is 2.65. The fourth-order valence-electron chi connectivity index (χ4n) is 1.69. The highest BCUT2D eigenvalue weighted by atomic mass is 16.7. The van der Waals surface area contributed by atoms with E-state index < -0.39 is 7.12 Å². The molecule has 0 fully saturated rings. The van der Waals surface area contributed by atoms with Crippen LogP contribution in [0.2, 0.25) is 0 Å². The average molecular weight is 246 g/mol. The lowest BCUT2D eigenvalue weighted by Gasteiger charge is -2.08. The van der Waals surface area contributed by atoms with Gasteiger partial charge in [-0.2, -0.15) is 0 Å². The van der Waals surface area contributed by atoms with Crippen LogP contribution in [-0.4, -0.2) is 30.6 Å². The largest absolute Gasteiger partial charge is 0.488 e. The van der Waals surface area contributed by atoms with E-state index in [0.717, 1.165) is 16.5 Å². The van der Waals surface area contributed by atoms with Gasteiger partial charge in [0.05, 0.1) is 0 Å². The Morgan fingerprint density at radius 1 is 1.06 bits per heavy atom. The number of hydrogen-bond acceptors (Lipinski definition) is 4. The summed E-state index contributed by atoms with van der Waals surface area (Å²) in [7, 11) is -1.44. The zero-order valence-electron chi connectivity index (χ0n) is 10.2. The first-order chi connectivity index (χ1) is 8.70. The first-order valence-electron chi connectivity index (χ1n) is 5.81. The minimum absolute atomic E-state index is 0.232. The van der Waals surface area contributed by atoms with Crippen LogP contribution >= 0.6 is 0 Å². The van der Waals surface area contributed by atoms with Crippen LogP contribution in [0, 0.1) is 0 Å². The molecule has 2 N–H and O–H groups in total. The molecule has 0 bridgehead atoms. The lowest BCUT2D eigenvalue weighted by atomic mass is 9.79. The van der Waals surface area contributed by atoms with Crippen molar-refractivity contribution in [2.24, 2.45) is 0 Å². The van der Waals surface area contributed by atoms with Gasteiger partial charge >= 0.3 is 7.12 Å². The predicted octanol–water partition coefficient (Wildman–Crippen LogP) is 0.892. The van der Waals surface area contributed by atoms with Crippen molar-refractivity contribution >= 4 is 23.4 Å². The topological polar surface area (TPSA) is 58.9 Å². The van der Waals surface area contributed by atoms with Gasteiger partial charge in [0.1, 0.15) is 5.75 Å². The van der Waals surface area contributed by atoms with E-state index in [1.165, 1.54) is 0 Å². The summed E-state index contributed by atoms with van der Waals surface area (Å²) in [5, 5.41) is 20.1. The van der Waals surface area contributed by atoms with Crippen LogP contribution in [0.25, 0.3) is 10.8 Å². The van der Waals surface area contributed by atoms with Crippen LogP contribution in [0.3, 0.4) is 0 Å². The molecule has 0 atom stereocenters. The first kappa shape index (κ1) is 12.9. The number of benzene rings is 2. The van der Waals surface area contributed by atoms with E-state index >= 15 is 0 Å². The average Bonchev–Trinajstić information content (AvgIpc) is 2.38. The Balaban J connectivity index is 2.21. The maximum absolute atomic E-state index is 9.10. The van der Waals surface area contributed by atoms with Gasteiger partial charge in [0.2, 0.25) is 0 Å². The maximum atomic E-state index is 9.10. The summed E-state index contributed by atoms with van der Waals surface area (Å²) < 4.78 is 10.5. The van der Waals surface area contributed by atoms with Crippen LogP contribution in [0.1, 0.15) is 6.92 Å². The molecular formula is C13H15BO4. The normalized spacial score (nSPS) is 10.6. The molecule has 0 saturated carbocycles. The minimum Gasteiger partial charge on any atom is -0.468 e. The molecule has 5 heteroatoms. The molecule has 2 aromatic rings. The number of hydrogen-bond donors (Lipinski definition) is 2. The van der Waals surface area contributed by atoms with Crippen molar-refractivity contribution in [1.29, 1.82) is 0 Å². The summed E-state index contributed by atoms with van der Waals surface area (Å²) in [5.74, 6) is 0.730. The van der Waals surface area contributed by atoms with Crippen LogP contribution in [0.15, 0.2) is 36.4 Å². The second kappa shape index (κ2) is 5.86. The maximum Gasteiger partial charge on any atom is 0.488 e. The molecule has 2 rings (SSSR count). The van der Waals surface area contributed by atoms with Gasteiger partial charge in [0.15, 0.2) is 6.79 Å². The molecule has 0 spiro atoms. The molecule has 0 aliphatic rings. The molecule has 2 aromatic carbocycles. The van der Waals surface area contributed by atoms with Gasteiger partial charge in [0.25, 0.3) is 0 Å². The third kappa shape index (κ3) is 3.01. The van der Waals surface area contributed by atoms with Gasteiger partial charge in [-0.25, -0.2) is 0 Å². The van der Waals surface area contributed by atoms with Crippen molar-refractivity contribution < 1.29 is 19.5 Å². The summed E-state index contributed by atoms with van der Waals surface area (Å²) >= 11 is 0. The zero-order chi connectivity index (χ0) is 13.0. The Labute approximate surface area is 106 Å². The fraction of sp³-hybridized carbons (Fsp3) is 0.231. The van der Waals surface area contributed by atoms with E-state index in [-0.39, 0.29) is 6.79 Å². The molecule has 0 heterocycles. The Morgan fingerprint density at radius 2 is 1.78 bits per heavy atom. The molecule has 0 saturated heterocycles. The number of fused-ring (bicyclic) bond motifs is 1. The van der Waals surface area contributed by atoms with Crippen LogP contribution in [0.4, 0.5) is 0 Å². The van der Waals surface area contributed by atoms with Gasteiger partial charge in [0, 0.05) is 6.61 Å². The van der Waals surface area contributed by atoms with E-state index in [0.29, 0.717) is 12.1 Å². The molecule has 94 valence electrons. The van der Waals surface area contributed by atoms with E-state index in [1.807, 2.05) is 31.2 Å². The summed E-state index contributed by atoms with van der Waals surface area (Å²) in [5.41, 5.74) is 0.477. The standard InChI is InChI=1S/C13H15BO4/c1-2-17-9-18-13-6-4-10-7-12(14(15)16)5-3-11(10)8-13/h3-8,15-16H,2,9H2,1H3. The van der Waals surface area contributed by atoms with Gasteiger partial charge in [-0.05, 0) is 35.3 Å². The molecule has 18 heavy (non-hydrogen) atoms. The highest BCUT2D eigenvalue weighted by molar-refractivity contribution is 6.58. The lowest BCUT2D eigenvalue weighted by molar-refractivity contribution is 0.0225. The Morgan fingerprint density at radius 3 is 2.50 bits per heavy atom. The molecule has 0 aliphatic heterocycles. The predicted molar refractivity (Wildman–Crippen MR) is 70.9 cm³/mol. The van der Waals surface area contributed by atoms with Crippen LogP contribution < -0.4 is 10.2 Å². The Kier molecular flexibility index (Phi) is 4.20. The SMILES string of the molecule is CCOCOc1ccc2cc(B(O)O)ccc2c1. The van der Waals surface area contributed by atoms with Gasteiger partial charge < -0.3 is 19.5 Å². The van der Waals surface area contributed by atoms with Gasteiger partial charge in [-0.1, -0.05) is 24.3 Å². The van der Waals surface area contributed by atoms with Crippen molar-refractivity contribution in [2.75, 3.05) is 13.4 Å². The second-order valence-corrected chi connectivity index (χ2v) is 3.90. The highest BCUT2D eigenvalue weighted by Crippen LogP contribution is 2.20. The zero-order valence-corrected chi connectivity index (χ0v) is 10.2. The van der Waals surface area contributed by atoms with Crippen molar-refractivity contribution in [3.63, 3.8) is 0 Å². The van der Waals surface area contributed by atoms with Crippen LogP contribution in [-0.2, 0) is 4.74 Å². The summed E-state index contributed by atoms with van der Waals surface area (Å²) in [6.45, 7) is 2.76. The minimum atomic E-state index is -1.44. The first-order valence-corrected chi connectivity index (χ1v) is 5.81. The summed E-state index contributed by atoms with van der Waals surface area (Å²) in [6.07, 6.45) is 0. The van der Waals surface area contributed by atoms with Gasteiger partial charge in [-0.3, -0.25) is 0 Å². The monoisotopic (exact) mass is 246 g/mol. The van der Waals surface area contributed by atoms with E-state index in [1.54, 1.807) is 12.1 Å². The van der Waals surface area contributed by atoms with Crippen molar-refractivity contribution in [2.45, 2.75) is 6.92 Å². The Bertz CT molecular complexity index is 527. The molecule has 0 radical (unpaired) electrons. The van der Waals surface area contributed by atoms with Crippen molar-refractivity contribution in [3.05, 3.63) is 36.4 Å². The smallest absolute Gasteiger partial charge is 0.468 e. The van der Waals surface area contributed by atoms with Gasteiger partial charge in [-0.15, -0.1) is 0 Å². The molecular weight excluding hydrogens is 231 g/mol. The number of ether oxygens (including phenoxy) is 2. The van der Waals surface area contributed by atoms with E-state index in [4.69, 9.17) is 19.5 Å². The fourth-order valence-corrected chi connectivity index (χ4v) is 1.69. The second-order valence-electron chi connectivity index (χ2n) is 3.90. The quantitative estimate of drug-likeness (QED) is 0.467. The lowest BCUT2D eigenvalue weighted by Crippen LogP contribution is -2.29. The molecule has 4 nitrogen and oxygen atoms in total. The molecule has 0 aliphatic carbocycles. The molecule has 0 amide bonds. The summed E-state index contributed by atoms with van der Waals surface area (Å²) in [6, 6.07) is 10.8. The van der Waals surface area contributed by atoms with Crippen molar-refractivity contribution in [3.8, 4) is 5.75 Å². The molecule has 0 aromatic heterocycles. The summed E-state index contributed by atoms with van der Waals surface area (Å²) in [4.78, 5) is 0. The third-order valence-corrected chi connectivity index (χ3v) is 2.65.